The van der Waals surface area contributed by atoms with Gasteiger partial charge in [-0.2, -0.15) is 13.2 Å². The fourth-order valence-electron chi connectivity index (χ4n) is 2.10. The third-order valence-electron chi connectivity index (χ3n) is 3.16. The Morgan fingerprint density at radius 3 is 2.14 bits per heavy atom. The molecule has 0 aliphatic heterocycles. The lowest BCUT2D eigenvalue weighted by molar-refractivity contribution is -0.137. The van der Waals surface area contributed by atoms with Crippen LogP contribution in [0, 0.1) is 0 Å². The van der Waals surface area contributed by atoms with Crippen molar-refractivity contribution in [2.45, 2.75) is 18.6 Å². The molecule has 2 aromatic rings. The van der Waals surface area contributed by atoms with Crippen molar-refractivity contribution in [3.8, 4) is 0 Å². The van der Waals surface area contributed by atoms with E-state index in [4.69, 9.17) is 5.73 Å². The van der Waals surface area contributed by atoms with Gasteiger partial charge in [0.05, 0.1) is 18.0 Å². The summed E-state index contributed by atoms with van der Waals surface area (Å²) in [6.45, 7) is 0. The molecule has 3 N–H and O–H groups in total. The number of carbonyl (C=O) groups is 1. The van der Waals surface area contributed by atoms with Crippen LogP contribution in [0.2, 0.25) is 0 Å². The predicted octanol–water partition coefficient (Wildman–Crippen LogP) is 3.73. The quantitative estimate of drug-likeness (QED) is 0.884. The van der Waals surface area contributed by atoms with E-state index in [1.54, 1.807) is 0 Å². The zero-order valence-electron chi connectivity index (χ0n) is 11.6. The number of benzene rings is 2. The Bertz CT molecular complexity index is 624. The van der Waals surface area contributed by atoms with Gasteiger partial charge in [-0.1, -0.05) is 30.3 Å². The number of primary amides is 1. The molecule has 0 heterocycles. The summed E-state index contributed by atoms with van der Waals surface area (Å²) >= 11 is 0. The number of hydrogen-bond donors (Lipinski definition) is 2. The second kappa shape index (κ2) is 6.51. The molecule has 6 heteroatoms. The normalized spacial score (nSPS) is 12.7. The first-order valence-corrected chi connectivity index (χ1v) is 6.63. The number of halogens is 3. The van der Waals surface area contributed by atoms with Crippen LogP contribution in [0.3, 0.4) is 0 Å². The Morgan fingerprint density at radius 1 is 1.05 bits per heavy atom. The molecule has 2 aromatic carbocycles. The zero-order valence-corrected chi connectivity index (χ0v) is 11.6. The van der Waals surface area contributed by atoms with Crippen LogP contribution in [0.15, 0.2) is 54.6 Å². The molecule has 0 radical (unpaired) electrons. The van der Waals surface area contributed by atoms with Gasteiger partial charge in [0.25, 0.3) is 0 Å². The summed E-state index contributed by atoms with van der Waals surface area (Å²) < 4.78 is 37.6. The summed E-state index contributed by atoms with van der Waals surface area (Å²) in [4.78, 5) is 11.2. The molecule has 2 rings (SSSR count). The Balaban J connectivity index is 2.19. The van der Waals surface area contributed by atoms with E-state index in [1.165, 1.54) is 12.1 Å². The Morgan fingerprint density at radius 2 is 1.64 bits per heavy atom. The van der Waals surface area contributed by atoms with E-state index in [9.17, 15) is 18.0 Å². The SMILES string of the molecule is NC(=O)C[C@@H](Nc1ccc(C(F)(F)F)cc1)c1ccccc1. The third-order valence-corrected chi connectivity index (χ3v) is 3.16. The molecule has 116 valence electrons. The van der Waals surface area contributed by atoms with Crippen LogP contribution in [-0.4, -0.2) is 5.91 Å². The zero-order chi connectivity index (χ0) is 16.2. The van der Waals surface area contributed by atoms with Gasteiger partial charge in [-0.05, 0) is 29.8 Å². The van der Waals surface area contributed by atoms with Gasteiger partial charge < -0.3 is 11.1 Å². The smallest absolute Gasteiger partial charge is 0.378 e. The number of nitrogens with two attached hydrogens (primary N) is 1. The average Bonchev–Trinajstić information content (AvgIpc) is 2.47. The molecular weight excluding hydrogens is 293 g/mol. The number of nitrogens with one attached hydrogen (secondary N) is 1. The molecule has 1 amide bonds. The van der Waals surface area contributed by atoms with E-state index in [-0.39, 0.29) is 6.42 Å². The molecule has 0 aliphatic rings. The molecule has 1 atom stereocenters. The topological polar surface area (TPSA) is 55.1 Å². The molecule has 0 saturated heterocycles. The highest BCUT2D eigenvalue weighted by atomic mass is 19.4. The van der Waals surface area contributed by atoms with Crippen LogP contribution in [-0.2, 0) is 11.0 Å². The molecule has 3 nitrogen and oxygen atoms in total. The molecule has 0 saturated carbocycles. The standard InChI is InChI=1S/C16H15F3N2O/c17-16(18,19)12-6-8-13(9-7-12)21-14(10-15(20)22)11-4-2-1-3-5-11/h1-9,14,21H,10H2,(H2,20,22)/t14-/m1/s1. The van der Waals surface area contributed by atoms with E-state index in [1.807, 2.05) is 30.3 Å². The number of amides is 1. The van der Waals surface area contributed by atoms with Crippen LogP contribution in [0.5, 0.6) is 0 Å². The summed E-state index contributed by atoms with van der Waals surface area (Å²) in [6, 6.07) is 13.4. The highest BCUT2D eigenvalue weighted by Gasteiger charge is 2.30. The Kier molecular flexibility index (Phi) is 4.70. The van der Waals surface area contributed by atoms with Gasteiger partial charge in [0.2, 0.25) is 5.91 Å². The van der Waals surface area contributed by atoms with E-state index < -0.39 is 23.7 Å². The maximum atomic E-state index is 12.5. The lowest BCUT2D eigenvalue weighted by Gasteiger charge is -2.19. The number of alkyl halides is 3. The number of hydrogen-bond acceptors (Lipinski definition) is 2. The van der Waals surface area contributed by atoms with Gasteiger partial charge in [0.1, 0.15) is 0 Å². The lowest BCUT2D eigenvalue weighted by Crippen LogP contribution is -2.20. The van der Waals surface area contributed by atoms with Gasteiger partial charge in [-0.25, -0.2) is 0 Å². The maximum Gasteiger partial charge on any atom is 0.416 e. The molecular formula is C16H15F3N2O. The molecule has 22 heavy (non-hydrogen) atoms. The van der Waals surface area contributed by atoms with Crippen LogP contribution in [0.4, 0.5) is 18.9 Å². The van der Waals surface area contributed by atoms with Crippen LogP contribution in [0.25, 0.3) is 0 Å². The van der Waals surface area contributed by atoms with E-state index in [0.29, 0.717) is 5.69 Å². The summed E-state index contributed by atoms with van der Waals surface area (Å²) in [5.74, 6) is -0.492. The first-order chi connectivity index (χ1) is 10.4. The molecule has 0 spiro atoms. The van der Waals surface area contributed by atoms with Crippen LogP contribution < -0.4 is 11.1 Å². The molecule has 0 bridgehead atoms. The van der Waals surface area contributed by atoms with Gasteiger partial charge in [0, 0.05) is 5.69 Å². The van der Waals surface area contributed by atoms with Crippen LogP contribution >= 0.6 is 0 Å². The summed E-state index contributed by atoms with van der Waals surface area (Å²) in [7, 11) is 0. The second-order valence-electron chi connectivity index (χ2n) is 4.85. The molecule has 0 aromatic heterocycles. The lowest BCUT2D eigenvalue weighted by atomic mass is 10.0. The largest absolute Gasteiger partial charge is 0.416 e. The van der Waals surface area contributed by atoms with Gasteiger partial charge in [0.15, 0.2) is 0 Å². The summed E-state index contributed by atoms with van der Waals surface area (Å²) in [6.07, 6.45) is -4.32. The minimum absolute atomic E-state index is 0.0467. The highest BCUT2D eigenvalue weighted by molar-refractivity contribution is 5.75. The third kappa shape index (κ3) is 4.25. The van der Waals surface area contributed by atoms with Crippen molar-refractivity contribution < 1.29 is 18.0 Å². The Hall–Kier alpha value is -2.50. The highest BCUT2D eigenvalue weighted by Crippen LogP contribution is 2.30. The summed E-state index contributed by atoms with van der Waals surface area (Å²) in [5, 5.41) is 3.04. The fraction of sp³-hybridized carbons (Fsp3) is 0.188. The molecule has 0 unspecified atom stereocenters. The molecule has 0 aliphatic carbocycles. The van der Waals surface area contributed by atoms with Gasteiger partial charge in [-0.3, -0.25) is 4.79 Å². The van der Waals surface area contributed by atoms with Gasteiger partial charge in [-0.15, -0.1) is 0 Å². The monoisotopic (exact) mass is 308 g/mol. The minimum atomic E-state index is -4.37. The maximum absolute atomic E-state index is 12.5. The van der Waals surface area contributed by atoms with E-state index >= 15 is 0 Å². The average molecular weight is 308 g/mol. The fourth-order valence-corrected chi connectivity index (χ4v) is 2.10. The van der Waals surface area contributed by atoms with Crippen LogP contribution in [0.1, 0.15) is 23.6 Å². The minimum Gasteiger partial charge on any atom is -0.378 e. The predicted molar refractivity (Wildman–Crippen MR) is 78.1 cm³/mol. The molecule has 0 fully saturated rings. The van der Waals surface area contributed by atoms with Crippen molar-refractivity contribution in [3.05, 3.63) is 65.7 Å². The van der Waals surface area contributed by atoms with Crippen molar-refractivity contribution in [2.24, 2.45) is 5.73 Å². The Labute approximate surface area is 125 Å². The number of anilines is 1. The number of rotatable bonds is 5. The first kappa shape index (κ1) is 15.9. The van der Waals surface area contributed by atoms with Crippen molar-refractivity contribution in [2.75, 3.05) is 5.32 Å². The van der Waals surface area contributed by atoms with E-state index in [0.717, 1.165) is 17.7 Å². The second-order valence-corrected chi connectivity index (χ2v) is 4.85. The van der Waals surface area contributed by atoms with Crippen molar-refractivity contribution in [1.29, 1.82) is 0 Å². The summed E-state index contributed by atoms with van der Waals surface area (Å²) in [5.41, 5.74) is 5.84. The van der Waals surface area contributed by atoms with Gasteiger partial charge >= 0.3 is 6.18 Å². The van der Waals surface area contributed by atoms with E-state index in [2.05, 4.69) is 5.32 Å². The number of carbonyl (C=O) groups excluding carboxylic acids is 1. The van der Waals surface area contributed by atoms with Crippen molar-refractivity contribution in [3.63, 3.8) is 0 Å². The van der Waals surface area contributed by atoms with Crippen molar-refractivity contribution >= 4 is 11.6 Å². The van der Waals surface area contributed by atoms with Crippen molar-refractivity contribution in [1.82, 2.24) is 0 Å². The first-order valence-electron chi connectivity index (χ1n) is 6.63.